The molecule has 2 N–H and O–H groups in total. The predicted molar refractivity (Wildman–Crippen MR) is 108 cm³/mol. The van der Waals surface area contributed by atoms with Crippen molar-refractivity contribution in [3.63, 3.8) is 0 Å². The Labute approximate surface area is 156 Å². The Bertz CT molecular complexity index is 971. The number of nitrogens with zero attached hydrogens (tertiary/aromatic N) is 3. The number of aromatic nitrogens is 2. The van der Waals surface area contributed by atoms with E-state index in [2.05, 4.69) is 27.0 Å². The number of aryl methyl sites for hydroxylation is 1. The Balaban J connectivity index is 1.61. The van der Waals surface area contributed by atoms with Crippen molar-refractivity contribution in [2.45, 2.75) is 18.6 Å². The third-order valence-corrected chi connectivity index (χ3v) is 4.82. The van der Waals surface area contributed by atoms with Gasteiger partial charge in [-0.2, -0.15) is 5.10 Å². The second-order valence-electron chi connectivity index (χ2n) is 5.77. The Morgan fingerprint density at radius 1 is 1.38 bits per heavy atom. The fourth-order valence-corrected chi connectivity index (χ4v) is 3.45. The van der Waals surface area contributed by atoms with Crippen LogP contribution in [0.1, 0.15) is 12.5 Å². The first kappa shape index (κ1) is 18.1. The molecule has 3 aromatic rings. The minimum absolute atomic E-state index is 0.125. The number of benzene rings is 2. The Morgan fingerprint density at radius 2 is 2.19 bits per heavy atom. The van der Waals surface area contributed by atoms with E-state index in [1.165, 1.54) is 18.0 Å². The molecule has 0 aliphatic carbocycles. The number of carbonyl (C=O) groups excluding carboxylic acids is 1. The van der Waals surface area contributed by atoms with Crippen LogP contribution >= 0.6 is 11.8 Å². The number of imidazole rings is 1. The van der Waals surface area contributed by atoms with E-state index in [-0.39, 0.29) is 17.4 Å². The molecule has 26 heavy (non-hydrogen) atoms. The smallest absolute Gasteiger partial charge is 0.250 e. The summed E-state index contributed by atoms with van der Waals surface area (Å²) in [5.74, 6) is 0.105. The van der Waals surface area contributed by atoms with Crippen molar-refractivity contribution in [2.75, 3.05) is 5.75 Å². The van der Waals surface area contributed by atoms with Crippen molar-refractivity contribution in [3.8, 4) is 5.75 Å². The van der Waals surface area contributed by atoms with Crippen LogP contribution in [0.15, 0.2) is 52.7 Å². The molecule has 0 aliphatic rings. The number of phenolic OH excluding ortho intramolecular Hbond substituents is 1. The second-order valence-corrected chi connectivity index (χ2v) is 6.71. The summed E-state index contributed by atoms with van der Waals surface area (Å²) in [5, 5.41) is 14.5. The van der Waals surface area contributed by atoms with E-state index in [0.29, 0.717) is 5.56 Å². The van der Waals surface area contributed by atoms with E-state index in [0.717, 1.165) is 28.2 Å². The number of hydrazone groups is 1. The number of hydrogen-bond donors (Lipinski definition) is 2. The lowest BCUT2D eigenvalue weighted by Crippen LogP contribution is -2.20. The lowest BCUT2D eigenvalue weighted by molar-refractivity contribution is -0.118. The van der Waals surface area contributed by atoms with E-state index in [1.54, 1.807) is 12.1 Å². The van der Waals surface area contributed by atoms with E-state index in [1.807, 2.05) is 38.2 Å². The van der Waals surface area contributed by atoms with Gasteiger partial charge in [-0.3, -0.25) is 4.79 Å². The summed E-state index contributed by atoms with van der Waals surface area (Å²) in [6.45, 7) is 2.84. The van der Waals surface area contributed by atoms with Crippen LogP contribution < -0.4 is 10.9 Å². The summed E-state index contributed by atoms with van der Waals surface area (Å²) in [6, 6.07) is 13.1. The molecule has 0 saturated carbocycles. The molecule has 3 rings (SSSR count). The minimum atomic E-state index is -0.229. The molecule has 8 heteroatoms. The van der Waals surface area contributed by atoms with Crippen LogP contribution in [0.3, 0.4) is 0 Å². The van der Waals surface area contributed by atoms with Crippen LogP contribution in [0, 0.1) is 0 Å². The lowest BCUT2D eigenvalue weighted by atomic mass is 9.94. The maximum atomic E-state index is 12.0. The van der Waals surface area contributed by atoms with E-state index in [4.69, 9.17) is 0 Å². The SMILES string of the molecule is Bc1ccc(O)c(/C=N/NC(=O)CSc2nc3ccccc3n2CC)c1. The highest BCUT2D eigenvalue weighted by atomic mass is 32.2. The summed E-state index contributed by atoms with van der Waals surface area (Å²) in [6.07, 6.45) is 1.44. The van der Waals surface area contributed by atoms with Crippen LogP contribution in [-0.4, -0.2) is 40.4 Å². The monoisotopic (exact) mass is 366 g/mol. The summed E-state index contributed by atoms with van der Waals surface area (Å²) in [7, 11) is 1.92. The molecular weight excluding hydrogens is 347 g/mol. The predicted octanol–water partition coefficient (Wildman–Crippen LogP) is 1.26. The van der Waals surface area contributed by atoms with Gasteiger partial charge in [0.25, 0.3) is 5.91 Å². The molecule has 0 fully saturated rings. The number of hydrogen-bond acceptors (Lipinski definition) is 5. The number of aromatic hydroxyl groups is 1. The normalized spacial score (nSPS) is 11.3. The molecule has 0 radical (unpaired) electrons. The Hall–Kier alpha value is -2.74. The van der Waals surface area contributed by atoms with Crippen molar-refractivity contribution in [1.29, 1.82) is 0 Å². The zero-order chi connectivity index (χ0) is 18.5. The number of rotatable bonds is 6. The fourth-order valence-electron chi connectivity index (χ4n) is 2.58. The van der Waals surface area contributed by atoms with Crippen molar-refractivity contribution >= 4 is 48.2 Å². The molecule has 2 aromatic carbocycles. The van der Waals surface area contributed by atoms with Crippen LogP contribution in [-0.2, 0) is 11.3 Å². The number of carbonyl (C=O) groups is 1. The summed E-state index contributed by atoms with van der Waals surface area (Å²) < 4.78 is 2.08. The van der Waals surface area contributed by atoms with Gasteiger partial charge in [0, 0.05) is 12.1 Å². The molecule has 132 valence electrons. The van der Waals surface area contributed by atoms with Crippen LogP contribution in [0.2, 0.25) is 0 Å². The van der Waals surface area contributed by atoms with Gasteiger partial charge in [0.05, 0.1) is 23.0 Å². The first-order valence-corrected chi connectivity index (χ1v) is 9.26. The molecule has 6 nitrogen and oxygen atoms in total. The van der Waals surface area contributed by atoms with E-state index < -0.39 is 0 Å². The van der Waals surface area contributed by atoms with Crippen LogP contribution in [0.5, 0.6) is 5.75 Å². The molecular formula is C18H19BN4O2S. The van der Waals surface area contributed by atoms with Crippen molar-refractivity contribution in [1.82, 2.24) is 15.0 Å². The van der Waals surface area contributed by atoms with E-state index in [9.17, 15) is 9.90 Å². The maximum absolute atomic E-state index is 12.0. The number of para-hydroxylation sites is 2. The molecule has 0 unspecified atom stereocenters. The third kappa shape index (κ3) is 4.08. The quantitative estimate of drug-likeness (QED) is 0.298. The molecule has 0 bridgehead atoms. The minimum Gasteiger partial charge on any atom is -0.507 e. The molecule has 0 aliphatic heterocycles. The largest absolute Gasteiger partial charge is 0.507 e. The van der Waals surface area contributed by atoms with Crippen LogP contribution in [0.4, 0.5) is 0 Å². The first-order valence-electron chi connectivity index (χ1n) is 8.28. The summed E-state index contributed by atoms with van der Waals surface area (Å²) in [5.41, 5.74) is 6.03. The highest BCUT2D eigenvalue weighted by Crippen LogP contribution is 2.23. The Kier molecular flexibility index (Phi) is 5.63. The first-order chi connectivity index (χ1) is 12.6. The Morgan fingerprint density at radius 3 is 3.00 bits per heavy atom. The van der Waals surface area contributed by atoms with Gasteiger partial charge in [0.2, 0.25) is 0 Å². The number of phenols is 1. The molecule has 0 saturated heterocycles. The number of fused-ring (bicyclic) bond motifs is 1. The zero-order valence-electron chi connectivity index (χ0n) is 14.6. The van der Waals surface area contributed by atoms with Gasteiger partial charge in [0.1, 0.15) is 13.6 Å². The summed E-state index contributed by atoms with van der Waals surface area (Å²) >= 11 is 1.37. The van der Waals surface area contributed by atoms with E-state index >= 15 is 0 Å². The number of amides is 1. The standard InChI is InChI=1S/C18H19BN4O2S/c1-2-23-15-6-4-3-5-14(15)21-18(23)26-11-17(25)22-20-10-12-9-13(19)7-8-16(12)24/h3-10,24H,2,11,19H2,1H3,(H,22,25)/b20-10+. The molecule has 1 amide bonds. The third-order valence-electron chi connectivity index (χ3n) is 3.84. The summed E-state index contributed by atoms with van der Waals surface area (Å²) in [4.78, 5) is 16.6. The number of nitrogens with one attached hydrogen (secondary N) is 1. The topological polar surface area (TPSA) is 79.5 Å². The van der Waals surface area contributed by atoms with Crippen molar-refractivity contribution in [2.24, 2.45) is 5.10 Å². The number of thioether (sulfide) groups is 1. The van der Waals surface area contributed by atoms with Crippen molar-refractivity contribution in [3.05, 3.63) is 48.0 Å². The highest BCUT2D eigenvalue weighted by molar-refractivity contribution is 7.99. The average molecular weight is 366 g/mol. The molecule has 0 spiro atoms. The molecule has 0 atom stereocenters. The average Bonchev–Trinajstić information content (AvgIpc) is 3.00. The molecule has 1 aromatic heterocycles. The van der Waals surface area contributed by atoms with Gasteiger partial charge < -0.3 is 9.67 Å². The van der Waals surface area contributed by atoms with Gasteiger partial charge in [-0.15, -0.1) is 0 Å². The van der Waals surface area contributed by atoms with Crippen molar-refractivity contribution < 1.29 is 9.90 Å². The van der Waals surface area contributed by atoms with Gasteiger partial charge in [-0.1, -0.05) is 41.5 Å². The fraction of sp³-hybridized carbons (Fsp3) is 0.167. The van der Waals surface area contributed by atoms with Crippen LogP contribution in [0.25, 0.3) is 11.0 Å². The maximum Gasteiger partial charge on any atom is 0.250 e. The zero-order valence-corrected chi connectivity index (χ0v) is 15.5. The van der Waals surface area contributed by atoms with Gasteiger partial charge in [-0.25, -0.2) is 10.4 Å². The van der Waals surface area contributed by atoms with Gasteiger partial charge >= 0.3 is 0 Å². The highest BCUT2D eigenvalue weighted by Gasteiger charge is 2.11. The van der Waals surface area contributed by atoms with Gasteiger partial charge in [-0.05, 0) is 25.1 Å². The lowest BCUT2D eigenvalue weighted by Gasteiger charge is -2.05. The van der Waals surface area contributed by atoms with Gasteiger partial charge in [0.15, 0.2) is 5.16 Å². The molecule has 1 heterocycles. The second kappa shape index (κ2) is 8.10.